The average Bonchev–Trinajstić information content (AvgIpc) is 2.59. The van der Waals surface area contributed by atoms with Gasteiger partial charge in [0.25, 0.3) is 15.9 Å². The van der Waals surface area contributed by atoms with Crippen molar-refractivity contribution in [1.29, 1.82) is 0 Å². The first-order valence-electron chi connectivity index (χ1n) is 8.28. The van der Waals surface area contributed by atoms with E-state index in [1.807, 2.05) is 39.8 Å². The Morgan fingerprint density at radius 2 is 1.60 bits per heavy atom. The Kier molecular flexibility index (Phi) is 5.85. The lowest BCUT2D eigenvalue weighted by atomic mass is 10.1. The van der Waals surface area contributed by atoms with Crippen LogP contribution in [0.2, 0.25) is 0 Å². The fourth-order valence-electron chi connectivity index (χ4n) is 2.52. The first-order chi connectivity index (χ1) is 11.8. The number of nitrogens with zero attached hydrogens (tertiary/aromatic N) is 1. The molecule has 0 aliphatic carbocycles. The van der Waals surface area contributed by atoms with E-state index in [0.717, 1.165) is 11.1 Å². The van der Waals surface area contributed by atoms with Gasteiger partial charge in [0.1, 0.15) is 0 Å². The van der Waals surface area contributed by atoms with Crippen molar-refractivity contribution in [3.8, 4) is 0 Å². The number of carbonyl (C=O) groups excluding carboxylic acids is 1. The summed E-state index contributed by atoms with van der Waals surface area (Å²) in [5.74, 6) is -0.101. The van der Waals surface area contributed by atoms with Crippen molar-refractivity contribution in [2.45, 2.75) is 32.6 Å². The Morgan fingerprint density at radius 3 is 2.16 bits per heavy atom. The van der Waals surface area contributed by atoms with Crippen molar-refractivity contribution < 1.29 is 13.2 Å². The molecule has 0 aromatic heterocycles. The fourth-order valence-corrected chi connectivity index (χ4v) is 3.64. The standard InChI is InChI=1S/C19H24N2O3S/c1-5-21(6-2)19(22)16-9-11-17(12-10-16)25(23,24)20-18-13-14(3)7-8-15(18)4/h7-13,20H,5-6H2,1-4H3. The summed E-state index contributed by atoms with van der Waals surface area (Å²) < 4.78 is 27.8. The molecular formula is C19H24N2O3S. The summed E-state index contributed by atoms with van der Waals surface area (Å²) >= 11 is 0. The molecule has 1 N–H and O–H groups in total. The minimum Gasteiger partial charge on any atom is -0.339 e. The Labute approximate surface area is 149 Å². The van der Waals surface area contributed by atoms with Gasteiger partial charge in [-0.05, 0) is 69.2 Å². The third kappa shape index (κ3) is 4.39. The molecule has 2 aromatic rings. The summed E-state index contributed by atoms with van der Waals surface area (Å²) in [6.07, 6.45) is 0. The summed E-state index contributed by atoms with van der Waals surface area (Å²) in [5, 5.41) is 0. The zero-order valence-electron chi connectivity index (χ0n) is 15.0. The molecule has 0 saturated heterocycles. The van der Waals surface area contributed by atoms with Crippen LogP contribution in [0.15, 0.2) is 47.4 Å². The molecule has 0 heterocycles. The number of carbonyl (C=O) groups is 1. The lowest BCUT2D eigenvalue weighted by Gasteiger charge is -2.18. The van der Waals surface area contributed by atoms with E-state index < -0.39 is 10.0 Å². The number of nitrogens with one attached hydrogen (secondary N) is 1. The van der Waals surface area contributed by atoms with E-state index in [1.165, 1.54) is 12.1 Å². The van der Waals surface area contributed by atoms with Crippen LogP contribution in [0.25, 0.3) is 0 Å². The van der Waals surface area contributed by atoms with Crippen molar-refractivity contribution in [3.63, 3.8) is 0 Å². The monoisotopic (exact) mass is 360 g/mol. The van der Waals surface area contributed by atoms with Gasteiger partial charge in [0, 0.05) is 18.7 Å². The first-order valence-corrected chi connectivity index (χ1v) is 9.76. The van der Waals surface area contributed by atoms with E-state index in [-0.39, 0.29) is 10.8 Å². The van der Waals surface area contributed by atoms with Gasteiger partial charge in [-0.15, -0.1) is 0 Å². The molecule has 0 bridgehead atoms. The maximum Gasteiger partial charge on any atom is 0.261 e. The number of hydrogen-bond donors (Lipinski definition) is 1. The molecule has 0 aliphatic heterocycles. The van der Waals surface area contributed by atoms with Gasteiger partial charge in [0.2, 0.25) is 0 Å². The largest absolute Gasteiger partial charge is 0.339 e. The summed E-state index contributed by atoms with van der Waals surface area (Å²) in [6.45, 7) is 8.81. The Balaban J connectivity index is 2.26. The second-order valence-electron chi connectivity index (χ2n) is 5.93. The van der Waals surface area contributed by atoms with E-state index >= 15 is 0 Å². The van der Waals surface area contributed by atoms with Gasteiger partial charge in [-0.1, -0.05) is 12.1 Å². The normalized spacial score (nSPS) is 11.2. The molecular weight excluding hydrogens is 336 g/mol. The molecule has 2 rings (SSSR count). The fraction of sp³-hybridized carbons (Fsp3) is 0.316. The van der Waals surface area contributed by atoms with E-state index in [9.17, 15) is 13.2 Å². The predicted molar refractivity (Wildman–Crippen MR) is 100 cm³/mol. The van der Waals surface area contributed by atoms with Gasteiger partial charge < -0.3 is 4.90 Å². The van der Waals surface area contributed by atoms with Crippen molar-refractivity contribution in [2.75, 3.05) is 17.8 Å². The van der Waals surface area contributed by atoms with Crippen molar-refractivity contribution in [3.05, 3.63) is 59.2 Å². The molecule has 0 unspecified atom stereocenters. The Bertz CT molecular complexity index is 855. The van der Waals surface area contributed by atoms with Crippen LogP contribution >= 0.6 is 0 Å². The minimum absolute atomic E-state index is 0.101. The van der Waals surface area contributed by atoms with Crippen molar-refractivity contribution in [2.24, 2.45) is 0 Å². The lowest BCUT2D eigenvalue weighted by Crippen LogP contribution is -2.30. The third-order valence-electron chi connectivity index (χ3n) is 4.10. The topological polar surface area (TPSA) is 66.5 Å². The van der Waals surface area contributed by atoms with E-state index in [2.05, 4.69) is 4.72 Å². The molecule has 2 aromatic carbocycles. The van der Waals surface area contributed by atoms with Crippen LogP contribution in [-0.2, 0) is 10.0 Å². The smallest absolute Gasteiger partial charge is 0.261 e. The Morgan fingerprint density at radius 1 is 1.00 bits per heavy atom. The zero-order chi connectivity index (χ0) is 18.6. The van der Waals surface area contributed by atoms with Gasteiger partial charge in [-0.25, -0.2) is 8.42 Å². The van der Waals surface area contributed by atoms with Crippen LogP contribution in [0.5, 0.6) is 0 Å². The maximum atomic E-state index is 12.6. The number of benzene rings is 2. The summed E-state index contributed by atoms with van der Waals surface area (Å²) in [6, 6.07) is 11.6. The van der Waals surface area contributed by atoms with Gasteiger partial charge >= 0.3 is 0 Å². The van der Waals surface area contributed by atoms with Crippen LogP contribution in [0, 0.1) is 13.8 Å². The highest BCUT2D eigenvalue weighted by Crippen LogP contribution is 2.21. The average molecular weight is 360 g/mol. The third-order valence-corrected chi connectivity index (χ3v) is 5.48. The second-order valence-corrected chi connectivity index (χ2v) is 7.61. The van der Waals surface area contributed by atoms with Gasteiger partial charge in [0.15, 0.2) is 0 Å². The summed E-state index contributed by atoms with van der Waals surface area (Å²) in [7, 11) is -3.70. The zero-order valence-corrected chi connectivity index (χ0v) is 15.9. The molecule has 0 atom stereocenters. The van der Waals surface area contributed by atoms with E-state index in [0.29, 0.717) is 24.3 Å². The number of rotatable bonds is 6. The summed E-state index contributed by atoms with van der Waals surface area (Å²) in [4.78, 5) is 14.1. The number of aryl methyl sites for hydroxylation is 2. The van der Waals surface area contributed by atoms with Crippen LogP contribution < -0.4 is 4.72 Å². The van der Waals surface area contributed by atoms with Gasteiger partial charge in [-0.2, -0.15) is 0 Å². The molecule has 25 heavy (non-hydrogen) atoms. The highest BCUT2D eigenvalue weighted by molar-refractivity contribution is 7.92. The highest BCUT2D eigenvalue weighted by atomic mass is 32.2. The predicted octanol–water partition coefficient (Wildman–Crippen LogP) is 3.59. The molecule has 5 nitrogen and oxygen atoms in total. The van der Waals surface area contributed by atoms with Crippen LogP contribution in [0.4, 0.5) is 5.69 Å². The van der Waals surface area contributed by atoms with E-state index in [4.69, 9.17) is 0 Å². The molecule has 6 heteroatoms. The Hall–Kier alpha value is -2.34. The molecule has 0 fully saturated rings. The number of amides is 1. The molecule has 0 spiro atoms. The van der Waals surface area contributed by atoms with Crippen molar-refractivity contribution >= 4 is 21.6 Å². The van der Waals surface area contributed by atoms with Crippen LogP contribution in [0.1, 0.15) is 35.3 Å². The number of hydrogen-bond acceptors (Lipinski definition) is 3. The highest BCUT2D eigenvalue weighted by Gasteiger charge is 2.17. The SMILES string of the molecule is CCN(CC)C(=O)c1ccc(S(=O)(=O)Nc2cc(C)ccc2C)cc1. The van der Waals surface area contributed by atoms with Crippen LogP contribution in [-0.4, -0.2) is 32.3 Å². The van der Waals surface area contributed by atoms with Gasteiger partial charge in [0.05, 0.1) is 10.6 Å². The molecule has 0 radical (unpaired) electrons. The number of sulfonamides is 1. The lowest BCUT2D eigenvalue weighted by molar-refractivity contribution is 0.0773. The first kappa shape index (κ1) is 19.0. The second kappa shape index (κ2) is 7.70. The quantitative estimate of drug-likeness (QED) is 0.856. The minimum atomic E-state index is -3.70. The number of anilines is 1. The van der Waals surface area contributed by atoms with Crippen LogP contribution in [0.3, 0.4) is 0 Å². The molecule has 0 aliphatic rings. The summed E-state index contributed by atoms with van der Waals surface area (Å²) in [5.41, 5.74) is 2.86. The maximum absolute atomic E-state index is 12.6. The van der Waals surface area contributed by atoms with E-state index in [1.54, 1.807) is 23.1 Å². The molecule has 134 valence electrons. The molecule has 0 saturated carbocycles. The van der Waals surface area contributed by atoms with Gasteiger partial charge in [-0.3, -0.25) is 9.52 Å². The molecule has 1 amide bonds. The van der Waals surface area contributed by atoms with Crippen molar-refractivity contribution in [1.82, 2.24) is 4.90 Å².